The van der Waals surface area contributed by atoms with E-state index in [4.69, 9.17) is 18.6 Å². The Kier molecular flexibility index (Phi) is 4.02. The molecule has 0 saturated carbocycles. The van der Waals surface area contributed by atoms with Gasteiger partial charge in [-0.15, -0.1) is 0 Å². The van der Waals surface area contributed by atoms with Gasteiger partial charge in [0.1, 0.15) is 18.1 Å². The summed E-state index contributed by atoms with van der Waals surface area (Å²) in [5.41, 5.74) is 0.554. The van der Waals surface area contributed by atoms with E-state index in [1.807, 2.05) is 19.0 Å². The van der Waals surface area contributed by atoms with Gasteiger partial charge >= 0.3 is 5.97 Å². The fourth-order valence-corrected chi connectivity index (χ4v) is 2.15. The molecule has 1 aromatic carbocycles. The molecule has 0 aliphatic carbocycles. The van der Waals surface area contributed by atoms with Gasteiger partial charge < -0.3 is 23.5 Å². The summed E-state index contributed by atoms with van der Waals surface area (Å²) in [6.45, 7) is 1.22. The molecule has 0 amide bonds. The van der Waals surface area contributed by atoms with Crippen LogP contribution in [0.5, 0.6) is 11.5 Å². The average molecular weight is 303 g/mol. The third-order valence-corrected chi connectivity index (χ3v) is 3.21. The number of hydrogen-bond donors (Lipinski definition) is 0. The SMILES string of the molecule is CN(C)CCCOC(=O)c1cc2cc3c(cc2o1)OC=CO3. The Morgan fingerprint density at radius 1 is 1.14 bits per heavy atom. The molecule has 1 aliphatic heterocycles. The van der Waals surface area contributed by atoms with Gasteiger partial charge in [0.05, 0.1) is 6.61 Å². The first kappa shape index (κ1) is 14.5. The third kappa shape index (κ3) is 3.07. The second-order valence-corrected chi connectivity index (χ2v) is 5.25. The second-order valence-electron chi connectivity index (χ2n) is 5.25. The fourth-order valence-electron chi connectivity index (χ4n) is 2.15. The third-order valence-electron chi connectivity index (χ3n) is 3.21. The van der Waals surface area contributed by atoms with E-state index in [9.17, 15) is 4.79 Å². The van der Waals surface area contributed by atoms with Crippen LogP contribution in [0.2, 0.25) is 0 Å². The molecule has 3 rings (SSSR count). The highest BCUT2D eigenvalue weighted by Gasteiger charge is 2.17. The molecular formula is C16H17NO5. The summed E-state index contributed by atoms with van der Waals surface area (Å²) < 4.78 is 21.4. The molecule has 0 fully saturated rings. The Balaban J connectivity index is 1.70. The quantitative estimate of drug-likeness (QED) is 0.625. The highest BCUT2D eigenvalue weighted by Crippen LogP contribution is 2.36. The molecule has 1 aromatic heterocycles. The highest BCUT2D eigenvalue weighted by molar-refractivity contribution is 5.93. The normalized spacial score (nSPS) is 12.9. The zero-order valence-electron chi connectivity index (χ0n) is 12.5. The molecule has 0 bridgehead atoms. The van der Waals surface area contributed by atoms with Crippen molar-refractivity contribution >= 4 is 16.9 Å². The van der Waals surface area contributed by atoms with Gasteiger partial charge in [-0.05, 0) is 32.6 Å². The lowest BCUT2D eigenvalue weighted by Crippen LogP contribution is -2.16. The summed E-state index contributed by atoms with van der Waals surface area (Å²) in [5.74, 6) is 0.847. The molecule has 116 valence electrons. The number of benzene rings is 1. The van der Waals surface area contributed by atoms with Gasteiger partial charge in [0.15, 0.2) is 11.5 Å². The molecule has 2 aromatic rings. The molecule has 22 heavy (non-hydrogen) atoms. The zero-order chi connectivity index (χ0) is 15.5. The Morgan fingerprint density at radius 3 is 2.59 bits per heavy atom. The topological polar surface area (TPSA) is 61.1 Å². The monoisotopic (exact) mass is 303 g/mol. The molecular weight excluding hydrogens is 286 g/mol. The van der Waals surface area contributed by atoms with Crippen molar-refractivity contribution in [1.29, 1.82) is 0 Å². The molecule has 0 N–H and O–H groups in total. The Bertz CT molecular complexity index is 672. The van der Waals surface area contributed by atoms with Gasteiger partial charge in [-0.25, -0.2) is 4.79 Å². The van der Waals surface area contributed by atoms with Crippen molar-refractivity contribution in [3.05, 3.63) is 36.5 Å². The summed E-state index contributed by atoms with van der Waals surface area (Å²) >= 11 is 0. The Labute approximate surface area is 127 Å². The molecule has 0 spiro atoms. The van der Waals surface area contributed by atoms with Crippen LogP contribution in [-0.2, 0) is 4.74 Å². The van der Waals surface area contributed by atoms with Crippen LogP contribution in [-0.4, -0.2) is 38.1 Å². The second kappa shape index (κ2) is 6.11. The minimum atomic E-state index is -0.465. The number of esters is 1. The van der Waals surface area contributed by atoms with Crippen molar-refractivity contribution in [3.63, 3.8) is 0 Å². The average Bonchev–Trinajstić information content (AvgIpc) is 2.91. The number of hydrogen-bond acceptors (Lipinski definition) is 6. The maximum Gasteiger partial charge on any atom is 0.374 e. The van der Waals surface area contributed by atoms with Gasteiger partial charge in [-0.2, -0.15) is 0 Å². The van der Waals surface area contributed by atoms with Crippen LogP contribution in [0, 0.1) is 0 Å². The van der Waals surface area contributed by atoms with Crippen LogP contribution in [0.1, 0.15) is 17.0 Å². The van der Waals surface area contributed by atoms with Gasteiger partial charge in [0, 0.05) is 18.0 Å². The van der Waals surface area contributed by atoms with Crippen molar-refractivity contribution in [2.75, 3.05) is 27.2 Å². The van der Waals surface area contributed by atoms with Gasteiger partial charge in [-0.1, -0.05) is 0 Å². The van der Waals surface area contributed by atoms with E-state index in [1.165, 1.54) is 12.5 Å². The summed E-state index contributed by atoms with van der Waals surface area (Å²) in [4.78, 5) is 14.0. The van der Waals surface area contributed by atoms with Crippen LogP contribution < -0.4 is 9.47 Å². The molecule has 0 radical (unpaired) electrons. The zero-order valence-corrected chi connectivity index (χ0v) is 12.5. The van der Waals surface area contributed by atoms with Crippen LogP contribution in [0.25, 0.3) is 11.0 Å². The highest BCUT2D eigenvalue weighted by atomic mass is 16.6. The van der Waals surface area contributed by atoms with E-state index >= 15 is 0 Å². The smallest absolute Gasteiger partial charge is 0.374 e. The predicted molar refractivity (Wildman–Crippen MR) is 80.1 cm³/mol. The van der Waals surface area contributed by atoms with Crippen LogP contribution >= 0.6 is 0 Å². The largest absolute Gasteiger partial charge is 0.460 e. The Hall–Kier alpha value is -2.47. The van der Waals surface area contributed by atoms with Crippen molar-refractivity contribution in [3.8, 4) is 11.5 Å². The van der Waals surface area contributed by atoms with Crippen LogP contribution in [0.3, 0.4) is 0 Å². The Morgan fingerprint density at radius 2 is 1.86 bits per heavy atom. The van der Waals surface area contributed by atoms with Gasteiger partial charge in [0.2, 0.25) is 5.76 Å². The van der Waals surface area contributed by atoms with Crippen molar-refractivity contribution in [2.24, 2.45) is 0 Å². The van der Waals surface area contributed by atoms with Gasteiger partial charge in [-0.3, -0.25) is 0 Å². The summed E-state index contributed by atoms with van der Waals surface area (Å²) in [7, 11) is 3.95. The van der Waals surface area contributed by atoms with E-state index in [1.54, 1.807) is 18.2 Å². The first-order valence-electron chi connectivity index (χ1n) is 7.01. The van der Waals surface area contributed by atoms with Gasteiger partial charge in [0.25, 0.3) is 0 Å². The van der Waals surface area contributed by atoms with Crippen molar-refractivity contribution in [1.82, 2.24) is 4.90 Å². The fraction of sp³-hybridized carbons (Fsp3) is 0.312. The number of ether oxygens (including phenoxy) is 3. The molecule has 0 unspecified atom stereocenters. The van der Waals surface area contributed by atoms with E-state index in [0.29, 0.717) is 23.7 Å². The van der Waals surface area contributed by atoms with E-state index in [0.717, 1.165) is 18.4 Å². The molecule has 0 atom stereocenters. The molecule has 2 heterocycles. The maximum atomic E-state index is 12.0. The minimum absolute atomic E-state index is 0.176. The number of rotatable bonds is 5. The molecule has 1 aliphatic rings. The number of fused-ring (bicyclic) bond motifs is 2. The van der Waals surface area contributed by atoms with Crippen LogP contribution in [0.15, 0.2) is 35.1 Å². The van der Waals surface area contributed by atoms with E-state index in [2.05, 4.69) is 0 Å². The summed E-state index contributed by atoms with van der Waals surface area (Å²) in [6, 6.07) is 5.10. The maximum absolute atomic E-state index is 12.0. The van der Waals surface area contributed by atoms with E-state index in [-0.39, 0.29) is 5.76 Å². The molecule has 0 saturated heterocycles. The van der Waals surface area contributed by atoms with Crippen molar-refractivity contribution in [2.45, 2.75) is 6.42 Å². The predicted octanol–water partition coefficient (Wildman–Crippen LogP) is 2.78. The van der Waals surface area contributed by atoms with Crippen LogP contribution in [0.4, 0.5) is 0 Å². The summed E-state index contributed by atoms with van der Waals surface area (Å²) in [6.07, 6.45) is 3.67. The molecule has 6 nitrogen and oxygen atoms in total. The first-order valence-corrected chi connectivity index (χ1v) is 7.01. The lowest BCUT2D eigenvalue weighted by Gasteiger charge is -2.11. The number of furan rings is 1. The summed E-state index contributed by atoms with van der Waals surface area (Å²) in [5, 5.41) is 0.762. The number of nitrogens with zero attached hydrogens (tertiary/aromatic N) is 1. The van der Waals surface area contributed by atoms with Crippen molar-refractivity contribution < 1.29 is 23.4 Å². The molecule has 6 heteroatoms. The number of carbonyl (C=O) groups is 1. The standard InChI is InChI=1S/C16H17NO5/c1-17(2)4-3-5-21-16(18)15-9-11-8-13-14(10-12(11)22-15)20-7-6-19-13/h6-10H,3-5H2,1-2H3. The lowest BCUT2D eigenvalue weighted by molar-refractivity contribution is 0.0459. The van der Waals surface area contributed by atoms with E-state index < -0.39 is 5.97 Å². The first-order chi connectivity index (χ1) is 10.6. The lowest BCUT2D eigenvalue weighted by atomic mass is 10.2. The minimum Gasteiger partial charge on any atom is -0.460 e. The number of carbonyl (C=O) groups excluding carboxylic acids is 1.